The van der Waals surface area contributed by atoms with Crippen molar-refractivity contribution in [3.8, 4) is 11.3 Å². The van der Waals surface area contributed by atoms with Gasteiger partial charge in [-0.05, 0) is 30.7 Å². The van der Waals surface area contributed by atoms with Gasteiger partial charge in [-0.1, -0.05) is 11.6 Å². The molecule has 0 radical (unpaired) electrons. The average Bonchev–Trinajstić information content (AvgIpc) is 2.64. The second kappa shape index (κ2) is 6.66. The van der Waals surface area contributed by atoms with E-state index >= 15 is 0 Å². The average molecular weight is 373 g/mol. The fourth-order valence-electron chi connectivity index (χ4n) is 3.23. The largest absolute Gasteiger partial charge is 0.384 e. The first-order valence-corrected chi connectivity index (χ1v) is 8.75. The molecule has 3 heterocycles. The minimum Gasteiger partial charge on any atom is -0.384 e. The van der Waals surface area contributed by atoms with Crippen molar-refractivity contribution < 1.29 is 4.39 Å². The molecule has 4 rings (SSSR count). The van der Waals surface area contributed by atoms with Crippen molar-refractivity contribution >= 4 is 34.1 Å². The highest BCUT2D eigenvalue weighted by atomic mass is 35.5. The molecular weight excluding hydrogens is 355 g/mol. The number of halogens is 2. The lowest BCUT2D eigenvalue weighted by molar-refractivity contribution is 0.586. The van der Waals surface area contributed by atoms with E-state index in [1.54, 1.807) is 19.1 Å². The smallest absolute Gasteiger partial charge is 0.152 e. The van der Waals surface area contributed by atoms with Crippen molar-refractivity contribution in [3.05, 3.63) is 40.9 Å². The van der Waals surface area contributed by atoms with Crippen LogP contribution >= 0.6 is 11.6 Å². The van der Waals surface area contributed by atoms with Crippen LogP contribution in [0.5, 0.6) is 0 Å². The molecule has 0 aliphatic carbocycles. The number of nitrogens with one attached hydrogen (secondary N) is 1. The van der Waals surface area contributed by atoms with E-state index in [-0.39, 0.29) is 11.5 Å². The van der Waals surface area contributed by atoms with Crippen LogP contribution in [-0.2, 0) is 0 Å². The molecule has 26 heavy (non-hydrogen) atoms. The van der Waals surface area contributed by atoms with Gasteiger partial charge in [0, 0.05) is 37.1 Å². The Morgan fingerprint density at radius 2 is 1.96 bits per heavy atom. The first-order chi connectivity index (χ1) is 12.5. The van der Waals surface area contributed by atoms with Crippen molar-refractivity contribution in [1.29, 1.82) is 0 Å². The standard InChI is InChI=1S/C18H18ClFN6/c1-10-6-15(21)25-17(16(10)20)11-8-14-12(7-13(11)19)18(24-9-23-14)26-4-2-22-3-5-26/h6-9,22H,2-5H2,1H3,(H2,21,25). The van der Waals surface area contributed by atoms with E-state index in [1.807, 2.05) is 0 Å². The molecule has 1 aromatic carbocycles. The van der Waals surface area contributed by atoms with Crippen molar-refractivity contribution in [3.63, 3.8) is 0 Å². The number of benzene rings is 1. The number of nitrogens with zero attached hydrogens (tertiary/aromatic N) is 4. The van der Waals surface area contributed by atoms with Gasteiger partial charge in [-0.3, -0.25) is 0 Å². The Labute approximate surface area is 155 Å². The Bertz CT molecular complexity index is 987. The molecule has 0 spiro atoms. The number of fused-ring (bicyclic) bond motifs is 1. The first kappa shape index (κ1) is 16.9. The van der Waals surface area contributed by atoms with Crippen LogP contribution in [0.25, 0.3) is 22.2 Å². The van der Waals surface area contributed by atoms with Gasteiger partial charge < -0.3 is 16.0 Å². The molecule has 0 bridgehead atoms. The number of anilines is 2. The van der Waals surface area contributed by atoms with Crippen LogP contribution in [0.1, 0.15) is 5.56 Å². The van der Waals surface area contributed by atoms with Crippen molar-refractivity contribution in [2.45, 2.75) is 6.92 Å². The number of piperazine rings is 1. The fourth-order valence-corrected chi connectivity index (χ4v) is 3.49. The van der Waals surface area contributed by atoms with Crippen LogP contribution in [0.2, 0.25) is 5.02 Å². The lowest BCUT2D eigenvalue weighted by atomic mass is 10.1. The van der Waals surface area contributed by atoms with Gasteiger partial charge in [0.2, 0.25) is 0 Å². The summed E-state index contributed by atoms with van der Waals surface area (Å²) in [6, 6.07) is 5.02. The topological polar surface area (TPSA) is 80.0 Å². The Morgan fingerprint density at radius 1 is 1.19 bits per heavy atom. The van der Waals surface area contributed by atoms with Gasteiger partial charge in [-0.15, -0.1) is 0 Å². The van der Waals surface area contributed by atoms with Gasteiger partial charge in [0.15, 0.2) is 5.82 Å². The highest BCUT2D eigenvalue weighted by Crippen LogP contribution is 2.35. The summed E-state index contributed by atoms with van der Waals surface area (Å²) in [7, 11) is 0. The molecule has 3 N–H and O–H groups in total. The quantitative estimate of drug-likeness (QED) is 0.720. The third kappa shape index (κ3) is 2.93. The zero-order valence-corrected chi connectivity index (χ0v) is 15.0. The van der Waals surface area contributed by atoms with E-state index in [2.05, 4.69) is 25.2 Å². The van der Waals surface area contributed by atoms with Gasteiger partial charge in [-0.25, -0.2) is 19.3 Å². The van der Waals surface area contributed by atoms with E-state index < -0.39 is 5.82 Å². The van der Waals surface area contributed by atoms with E-state index in [0.717, 1.165) is 37.4 Å². The monoisotopic (exact) mass is 372 g/mol. The van der Waals surface area contributed by atoms with Gasteiger partial charge >= 0.3 is 0 Å². The fraction of sp³-hybridized carbons (Fsp3) is 0.278. The minimum atomic E-state index is -0.433. The number of pyridine rings is 1. The maximum Gasteiger partial charge on any atom is 0.152 e. The van der Waals surface area contributed by atoms with Crippen LogP contribution < -0.4 is 16.0 Å². The molecule has 6 nitrogen and oxygen atoms in total. The van der Waals surface area contributed by atoms with E-state index in [9.17, 15) is 4.39 Å². The molecule has 2 aromatic heterocycles. The molecule has 1 aliphatic rings. The predicted octanol–water partition coefficient (Wildman–Crippen LogP) is 2.78. The first-order valence-electron chi connectivity index (χ1n) is 8.37. The summed E-state index contributed by atoms with van der Waals surface area (Å²) in [5, 5.41) is 4.54. The minimum absolute atomic E-state index is 0.136. The van der Waals surface area contributed by atoms with Crippen molar-refractivity contribution in [1.82, 2.24) is 20.3 Å². The number of aromatic nitrogens is 3. The van der Waals surface area contributed by atoms with Gasteiger partial charge in [0.05, 0.1) is 10.5 Å². The summed E-state index contributed by atoms with van der Waals surface area (Å²) in [5.74, 6) is 0.651. The summed E-state index contributed by atoms with van der Waals surface area (Å²) in [6.07, 6.45) is 1.52. The normalized spacial score (nSPS) is 14.8. The third-order valence-corrected chi connectivity index (χ3v) is 4.85. The maximum absolute atomic E-state index is 14.6. The predicted molar refractivity (Wildman–Crippen MR) is 102 cm³/mol. The molecule has 0 unspecified atom stereocenters. The van der Waals surface area contributed by atoms with E-state index in [4.69, 9.17) is 17.3 Å². The SMILES string of the molecule is Cc1cc(N)nc(-c2cc3ncnc(N4CCNCC4)c3cc2Cl)c1F. The zero-order chi connectivity index (χ0) is 18.3. The Hall–Kier alpha value is -2.51. The molecule has 1 fully saturated rings. The second-order valence-corrected chi connectivity index (χ2v) is 6.72. The number of hydrogen-bond acceptors (Lipinski definition) is 6. The van der Waals surface area contributed by atoms with E-state index in [1.165, 1.54) is 12.4 Å². The Morgan fingerprint density at radius 3 is 2.73 bits per heavy atom. The molecule has 1 aliphatic heterocycles. The van der Waals surface area contributed by atoms with Crippen LogP contribution in [-0.4, -0.2) is 41.1 Å². The summed E-state index contributed by atoms with van der Waals surface area (Å²) in [4.78, 5) is 15.1. The number of nitrogen functional groups attached to an aromatic ring is 1. The van der Waals surface area contributed by atoms with E-state index in [0.29, 0.717) is 21.7 Å². The Kier molecular flexibility index (Phi) is 4.34. The zero-order valence-electron chi connectivity index (χ0n) is 14.3. The lowest BCUT2D eigenvalue weighted by Crippen LogP contribution is -2.44. The highest BCUT2D eigenvalue weighted by Gasteiger charge is 2.19. The number of aryl methyl sites for hydroxylation is 1. The second-order valence-electron chi connectivity index (χ2n) is 6.31. The van der Waals surface area contributed by atoms with Crippen molar-refractivity contribution in [2.75, 3.05) is 36.8 Å². The van der Waals surface area contributed by atoms with Gasteiger partial charge in [0.1, 0.15) is 23.7 Å². The molecule has 134 valence electrons. The molecule has 1 saturated heterocycles. The summed E-state index contributed by atoms with van der Waals surface area (Å²) >= 11 is 6.49. The summed E-state index contributed by atoms with van der Waals surface area (Å²) < 4.78 is 14.6. The van der Waals surface area contributed by atoms with Crippen LogP contribution in [0.3, 0.4) is 0 Å². The maximum atomic E-state index is 14.6. The lowest BCUT2D eigenvalue weighted by Gasteiger charge is -2.29. The molecule has 3 aromatic rings. The Balaban J connectivity index is 1.88. The molecule has 0 saturated carbocycles. The third-order valence-electron chi connectivity index (χ3n) is 4.53. The van der Waals surface area contributed by atoms with Gasteiger partial charge in [-0.2, -0.15) is 0 Å². The van der Waals surface area contributed by atoms with Crippen molar-refractivity contribution in [2.24, 2.45) is 0 Å². The molecular formula is C18H18ClFN6. The molecule has 8 heteroatoms. The molecule has 0 amide bonds. The van der Waals surface area contributed by atoms with Crippen LogP contribution in [0.4, 0.5) is 16.0 Å². The van der Waals surface area contributed by atoms with Gasteiger partial charge in [0.25, 0.3) is 0 Å². The number of nitrogens with two attached hydrogens (primary N) is 1. The van der Waals surface area contributed by atoms with Crippen LogP contribution in [0.15, 0.2) is 24.5 Å². The molecule has 0 atom stereocenters. The summed E-state index contributed by atoms with van der Waals surface area (Å²) in [6.45, 7) is 5.16. The number of rotatable bonds is 2. The van der Waals surface area contributed by atoms with Crippen LogP contribution in [0, 0.1) is 12.7 Å². The number of hydrogen-bond donors (Lipinski definition) is 2. The highest BCUT2D eigenvalue weighted by molar-refractivity contribution is 6.34. The summed E-state index contributed by atoms with van der Waals surface area (Å²) in [5.41, 5.74) is 7.51.